The van der Waals surface area contributed by atoms with Crippen molar-refractivity contribution in [3.63, 3.8) is 0 Å². The summed E-state index contributed by atoms with van der Waals surface area (Å²) in [4.78, 5) is 3.88. The first kappa shape index (κ1) is 11.3. The first-order valence-corrected chi connectivity index (χ1v) is 4.27. The van der Waals surface area contributed by atoms with Gasteiger partial charge in [0, 0.05) is 12.5 Å². The molecule has 82 valence electrons. The van der Waals surface area contributed by atoms with E-state index in [1.54, 1.807) is 20.8 Å². The largest absolute Gasteiger partial charge is 0.500 e. The summed E-state index contributed by atoms with van der Waals surface area (Å²) in [6, 6.07) is 0. The lowest BCUT2D eigenvalue weighted by molar-refractivity contribution is -0.271. The van der Waals surface area contributed by atoms with Crippen molar-refractivity contribution in [2.45, 2.75) is 27.1 Å². The van der Waals surface area contributed by atoms with Gasteiger partial charge in [-0.25, -0.2) is 0 Å². The zero-order valence-electron chi connectivity index (χ0n) is 8.68. The van der Waals surface area contributed by atoms with Gasteiger partial charge >= 0.3 is 6.30 Å². The second-order valence-corrected chi connectivity index (χ2v) is 4.31. The van der Waals surface area contributed by atoms with Crippen LogP contribution in [0, 0.1) is 5.41 Å². The number of nitrogens with zero attached hydrogens (tertiary/aromatic N) is 3. The molecule has 0 saturated heterocycles. The van der Waals surface area contributed by atoms with Gasteiger partial charge in [-0.1, -0.05) is 20.8 Å². The quantitative estimate of drug-likeness (QED) is 0.569. The fourth-order valence-electron chi connectivity index (χ4n) is 1.33. The number of halogens is 3. The second kappa shape index (κ2) is 3.12. The Morgan fingerprint density at radius 3 is 2.00 bits per heavy atom. The van der Waals surface area contributed by atoms with Crippen LogP contribution in [0.25, 0.3) is 0 Å². The molecule has 1 heterocycles. The van der Waals surface area contributed by atoms with E-state index in [0.29, 0.717) is 5.01 Å². The van der Waals surface area contributed by atoms with Gasteiger partial charge in [0.1, 0.15) is 12.5 Å². The fraction of sp³-hybridized carbons (Fsp3) is 0.875. The van der Waals surface area contributed by atoms with E-state index in [-0.39, 0.29) is 12.5 Å². The minimum atomic E-state index is -4.39. The van der Waals surface area contributed by atoms with Crippen LogP contribution in [-0.4, -0.2) is 35.9 Å². The molecule has 0 aromatic heterocycles. The molecule has 0 N–H and O–H groups in total. The maximum absolute atomic E-state index is 12.6. The third-order valence-electron chi connectivity index (χ3n) is 1.88. The highest BCUT2D eigenvalue weighted by Gasteiger charge is 2.48. The standard InChI is InChI=1S/C8H14F3N3/c1-7(2,3)6-12-5-13(4)14(6)8(9,10)11/h5H2,1-4H3. The first-order chi connectivity index (χ1) is 6.14. The van der Waals surface area contributed by atoms with Crippen LogP contribution in [0.3, 0.4) is 0 Å². The van der Waals surface area contributed by atoms with Crippen LogP contribution in [0.5, 0.6) is 0 Å². The van der Waals surface area contributed by atoms with Crippen molar-refractivity contribution < 1.29 is 13.2 Å². The molecule has 3 nitrogen and oxygen atoms in total. The molecule has 0 aromatic rings. The van der Waals surface area contributed by atoms with E-state index < -0.39 is 11.7 Å². The third-order valence-corrected chi connectivity index (χ3v) is 1.88. The summed E-state index contributed by atoms with van der Waals surface area (Å²) < 4.78 is 37.8. The smallest absolute Gasteiger partial charge is 0.253 e. The summed E-state index contributed by atoms with van der Waals surface area (Å²) in [5.41, 5.74) is -0.597. The van der Waals surface area contributed by atoms with Crippen molar-refractivity contribution >= 4 is 5.84 Å². The minimum absolute atomic E-state index is 0.0616. The van der Waals surface area contributed by atoms with Gasteiger partial charge in [-0.15, -0.1) is 13.2 Å². The summed E-state index contributed by atoms with van der Waals surface area (Å²) in [6.45, 7) is 5.20. The summed E-state index contributed by atoms with van der Waals surface area (Å²) in [5.74, 6) is 0.0625. The number of hydrazine groups is 1. The van der Waals surface area contributed by atoms with Crippen molar-refractivity contribution in [1.29, 1.82) is 0 Å². The van der Waals surface area contributed by atoms with Gasteiger partial charge in [0.05, 0.1) is 0 Å². The predicted molar refractivity (Wildman–Crippen MR) is 47.4 cm³/mol. The van der Waals surface area contributed by atoms with Crippen LogP contribution in [0.1, 0.15) is 20.8 Å². The van der Waals surface area contributed by atoms with Gasteiger partial charge in [-0.05, 0) is 0 Å². The Balaban J connectivity index is 2.98. The topological polar surface area (TPSA) is 18.8 Å². The molecule has 6 heteroatoms. The van der Waals surface area contributed by atoms with E-state index in [1.807, 2.05) is 0 Å². The van der Waals surface area contributed by atoms with Crippen LogP contribution >= 0.6 is 0 Å². The molecule has 1 rings (SSSR count). The molecule has 0 bridgehead atoms. The first-order valence-electron chi connectivity index (χ1n) is 4.27. The number of hydrogen-bond donors (Lipinski definition) is 0. The van der Waals surface area contributed by atoms with Gasteiger partial charge < -0.3 is 0 Å². The van der Waals surface area contributed by atoms with Crippen LogP contribution < -0.4 is 0 Å². The molecule has 0 atom stereocenters. The zero-order valence-corrected chi connectivity index (χ0v) is 8.68. The summed E-state index contributed by atoms with van der Waals surface area (Å²) >= 11 is 0. The van der Waals surface area contributed by atoms with Crippen molar-refractivity contribution in [1.82, 2.24) is 10.0 Å². The Labute approximate surface area is 81.2 Å². The van der Waals surface area contributed by atoms with Gasteiger partial charge in [-0.3, -0.25) is 4.99 Å². The van der Waals surface area contributed by atoms with Crippen LogP contribution in [0.2, 0.25) is 0 Å². The predicted octanol–water partition coefficient (Wildman–Crippen LogP) is 2.07. The number of amidine groups is 1. The highest BCUT2D eigenvalue weighted by Crippen LogP contribution is 2.32. The number of alkyl halides is 3. The summed E-state index contributed by atoms with van der Waals surface area (Å²) in [6.07, 6.45) is -4.39. The average molecular weight is 209 g/mol. The Kier molecular flexibility index (Phi) is 2.51. The van der Waals surface area contributed by atoms with Gasteiger partial charge in [0.15, 0.2) is 0 Å². The lowest BCUT2D eigenvalue weighted by atomic mass is 9.95. The highest BCUT2D eigenvalue weighted by molar-refractivity contribution is 5.88. The molecule has 0 fully saturated rings. The Bertz CT molecular complexity index is 252. The van der Waals surface area contributed by atoms with Crippen molar-refractivity contribution in [3.8, 4) is 0 Å². The van der Waals surface area contributed by atoms with Crippen molar-refractivity contribution in [2.24, 2.45) is 10.4 Å². The van der Waals surface area contributed by atoms with E-state index in [9.17, 15) is 13.2 Å². The Morgan fingerprint density at radius 1 is 1.21 bits per heavy atom. The third kappa shape index (κ3) is 2.00. The molecule has 0 unspecified atom stereocenters. The molecule has 0 aromatic carbocycles. The van der Waals surface area contributed by atoms with E-state index in [4.69, 9.17) is 0 Å². The molecule has 1 aliphatic rings. The fourth-order valence-corrected chi connectivity index (χ4v) is 1.33. The normalized spacial score (nSPS) is 20.2. The summed E-state index contributed by atoms with van der Waals surface area (Å²) in [7, 11) is 1.37. The number of hydrogen-bond acceptors (Lipinski definition) is 3. The number of rotatable bonds is 0. The van der Waals surface area contributed by atoms with E-state index in [2.05, 4.69) is 4.99 Å². The van der Waals surface area contributed by atoms with Crippen LogP contribution in [0.4, 0.5) is 13.2 Å². The van der Waals surface area contributed by atoms with Gasteiger partial charge in [0.2, 0.25) is 0 Å². The average Bonchev–Trinajstić information content (AvgIpc) is 2.27. The second-order valence-electron chi connectivity index (χ2n) is 4.31. The molecule has 0 amide bonds. The molecule has 0 aliphatic carbocycles. The zero-order chi connectivity index (χ0) is 11.1. The maximum atomic E-state index is 12.6. The Hall–Kier alpha value is -0.780. The lowest BCUT2D eigenvalue weighted by Gasteiger charge is -2.33. The van der Waals surface area contributed by atoms with Crippen LogP contribution in [-0.2, 0) is 0 Å². The molecule has 0 radical (unpaired) electrons. The molecule has 14 heavy (non-hydrogen) atoms. The summed E-state index contributed by atoms with van der Waals surface area (Å²) in [5, 5.41) is 1.35. The van der Waals surface area contributed by atoms with Gasteiger partial charge in [-0.2, -0.15) is 10.0 Å². The SMILES string of the molecule is CN1CN=C(C(C)(C)C)N1C(F)(F)F. The maximum Gasteiger partial charge on any atom is 0.500 e. The number of aliphatic imine (C=N–C) groups is 1. The molecular formula is C8H14F3N3. The minimum Gasteiger partial charge on any atom is -0.253 e. The molecular weight excluding hydrogens is 195 g/mol. The van der Waals surface area contributed by atoms with Gasteiger partial charge in [0.25, 0.3) is 0 Å². The van der Waals surface area contributed by atoms with Crippen molar-refractivity contribution in [2.75, 3.05) is 13.7 Å². The lowest BCUT2D eigenvalue weighted by Crippen LogP contribution is -2.51. The van der Waals surface area contributed by atoms with E-state index in [0.717, 1.165) is 5.01 Å². The van der Waals surface area contributed by atoms with E-state index in [1.165, 1.54) is 7.05 Å². The molecule has 0 saturated carbocycles. The molecule has 0 spiro atoms. The van der Waals surface area contributed by atoms with E-state index >= 15 is 0 Å². The van der Waals surface area contributed by atoms with Crippen LogP contribution in [0.15, 0.2) is 4.99 Å². The van der Waals surface area contributed by atoms with Crippen molar-refractivity contribution in [3.05, 3.63) is 0 Å². The highest BCUT2D eigenvalue weighted by atomic mass is 19.4. The molecule has 1 aliphatic heterocycles. The Morgan fingerprint density at radius 2 is 1.71 bits per heavy atom. The monoisotopic (exact) mass is 209 g/mol.